The number of carbonyl (C=O) groups excluding carboxylic acids is 1. The standard InChI is InChI=1S/C23H21ClN2O3/c1-17(29-22-13-9-20(24)10-14-22)23(27)26-25-15-18-7-11-21(12-8-18)28-16-19-5-3-2-4-6-19/h2-15,17H,16H2,1H3,(H,26,27)/t17-/m1/s1. The molecule has 0 aromatic heterocycles. The maximum atomic E-state index is 12.1. The van der Waals surface area contributed by atoms with Crippen molar-refractivity contribution >= 4 is 23.7 Å². The van der Waals surface area contributed by atoms with Gasteiger partial charge in [-0.2, -0.15) is 5.10 Å². The molecule has 0 spiro atoms. The molecule has 0 fully saturated rings. The predicted molar refractivity (Wildman–Crippen MR) is 114 cm³/mol. The SMILES string of the molecule is C[C@@H](Oc1ccc(Cl)cc1)C(=O)NN=Cc1ccc(OCc2ccccc2)cc1. The number of amides is 1. The van der Waals surface area contributed by atoms with Gasteiger partial charge in [0.2, 0.25) is 0 Å². The van der Waals surface area contributed by atoms with Gasteiger partial charge in [0, 0.05) is 5.02 Å². The van der Waals surface area contributed by atoms with Crippen LogP contribution in [0.5, 0.6) is 11.5 Å². The maximum Gasteiger partial charge on any atom is 0.280 e. The van der Waals surface area contributed by atoms with Gasteiger partial charge in [0.05, 0.1) is 6.21 Å². The van der Waals surface area contributed by atoms with Crippen molar-refractivity contribution in [2.24, 2.45) is 5.10 Å². The average Bonchev–Trinajstić information content (AvgIpc) is 2.75. The van der Waals surface area contributed by atoms with E-state index in [0.29, 0.717) is 17.4 Å². The van der Waals surface area contributed by atoms with Gasteiger partial charge in [0.15, 0.2) is 6.10 Å². The average molecular weight is 409 g/mol. The Morgan fingerprint density at radius 2 is 1.66 bits per heavy atom. The first kappa shape index (κ1) is 20.4. The summed E-state index contributed by atoms with van der Waals surface area (Å²) < 4.78 is 11.3. The highest BCUT2D eigenvalue weighted by Gasteiger charge is 2.13. The number of hydrogen-bond donors (Lipinski definition) is 1. The third-order valence-electron chi connectivity index (χ3n) is 4.01. The molecular formula is C23H21ClN2O3. The van der Waals surface area contributed by atoms with Crippen molar-refractivity contribution in [1.82, 2.24) is 5.43 Å². The molecule has 3 rings (SSSR count). The van der Waals surface area contributed by atoms with Crippen molar-refractivity contribution in [2.75, 3.05) is 0 Å². The number of nitrogens with zero attached hydrogens (tertiary/aromatic N) is 1. The fraction of sp³-hybridized carbons (Fsp3) is 0.130. The highest BCUT2D eigenvalue weighted by molar-refractivity contribution is 6.30. The number of ether oxygens (including phenoxy) is 2. The second-order valence-corrected chi connectivity index (χ2v) is 6.73. The van der Waals surface area contributed by atoms with Crippen LogP contribution < -0.4 is 14.9 Å². The Morgan fingerprint density at radius 1 is 1.00 bits per heavy atom. The third-order valence-corrected chi connectivity index (χ3v) is 4.26. The molecule has 0 saturated carbocycles. The van der Waals surface area contributed by atoms with E-state index in [9.17, 15) is 4.79 Å². The molecule has 1 N–H and O–H groups in total. The number of rotatable bonds is 8. The van der Waals surface area contributed by atoms with E-state index in [1.807, 2.05) is 54.6 Å². The zero-order valence-corrected chi connectivity index (χ0v) is 16.7. The van der Waals surface area contributed by atoms with Crippen LogP contribution in [0.25, 0.3) is 0 Å². The molecule has 3 aromatic rings. The van der Waals surface area contributed by atoms with Crippen molar-refractivity contribution in [2.45, 2.75) is 19.6 Å². The Bertz CT molecular complexity index is 942. The molecule has 1 atom stereocenters. The number of nitrogens with one attached hydrogen (secondary N) is 1. The summed E-state index contributed by atoms with van der Waals surface area (Å²) in [6, 6.07) is 24.2. The summed E-state index contributed by atoms with van der Waals surface area (Å²) in [6.07, 6.45) is 0.871. The summed E-state index contributed by atoms with van der Waals surface area (Å²) in [4.78, 5) is 12.1. The van der Waals surface area contributed by atoms with E-state index in [1.54, 1.807) is 37.4 Å². The number of hydrazone groups is 1. The van der Waals surface area contributed by atoms with Gasteiger partial charge in [0.25, 0.3) is 5.91 Å². The van der Waals surface area contributed by atoms with Gasteiger partial charge >= 0.3 is 0 Å². The zero-order valence-electron chi connectivity index (χ0n) is 15.9. The summed E-state index contributed by atoms with van der Waals surface area (Å²) in [6.45, 7) is 2.16. The highest BCUT2D eigenvalue weighted by Crippen LogP contribution is 2.17. The van der Waals surface area contributed by atoms with E-state index in [2.05, 4.69) is 10.5 Å². The maximum absolute atomic E-state index is 12.1. The lowest BCUT2D eigenvalue weighted by Gasteiger charge is -2.12. The molecule has 0 radical (unpaired) electrons. The lowest BCUT2D eigenvalue weighted by molar-refractivity contribution is -0.127. The minimum absolute atomic E-state index is 0.348. The summed E-state index contributed by atoms with van der Waals surface area (Å²) >= 11 is 5.83. The second kappa shape index (κ2) is 10.3. The fourth-order valence-corrected chi connectivity index (χ4v) is 2.55. The minimum Gasteiger partial charge on any atom is -0.489 e. The van der Waals surface area contributed by atoms with Gasteiger partial charge in [-0.3, -0.25) is 4.79 Å². The molecule has 0 aliphatic heterocycles. The van der Waals surface area contributed by atoms with Crippen LogP contribution >= 0.6 is 11.6 Å². The van der Waals surface area contributed by atoms with Crippen molar-refractivity contribution in [3.63, 3.8) is 0 Å². The van der Waals surface area contributed by atoms with E-state index in [-0.39, 0.29) is 5.91 Å². The van der Waals surface area contributed by atoms with Crippen LogP contribution in [0.15, 0.2) is 84.0 Å². The number of hydrogen-bond acceptors (Lipinski definition) is 4. The second-order valence-electron chi connectivity index (χ2n) is 6.29. The fourth-order valence-electron chi connectivity index (χ4n) is 2.42. The minimum atomic E-state index is -0.693. The molecule has 6 heteroatoms. The van der Waals surface area contributed by atoms with Gasteiger partial charge in [-0.05, 0) is 66.6 Å². The summed E-state index contributed by atoms with van der Waals surface area (Å²) in [5.74, 6) is 0.978. The molecule has 0 saturated heterocycles. The van der Waals surface area contributed by atoms with Gasteiger partial charge in [-0.15, -0.1) is 0 Å². The van der Waals surface area contributed by atoms with Gasteiger partial charge < -0.3 is 9.47 Å². The van der Waals surface area contributed by atoms with Crippen molar-refractivity contribution in [1.29, 1.82) is 0 Å². The number of halogens is 1. The smallest absolute Gasteiger partial charge is 0.280 e. The van der Waals surface area contributed by atoms with Crippen LogP contribution in [0.3, 0.4) is 0 Å². The van der Waals surface area contributed by atoms with Crippen LogP contribution in [-0.2, 0) is 11.4 Å². The Hall–Kier alpha value is -3.31. The molecule has 0 bridgehead atoms. The topological polar surface area (TPSA) is 59.9 Å². The summed E-state index contributed by atoms with van der Waals surface area (Å²) in [5, 5.41) is 4.58. The molecular weight excluding hydrogens is 388 g/mol. The Balaban J connectivity index is 1.45. The Labute approximate surface area is 174 Å². The van der Waals surface area contributed by atoms with E-state index < -0.39 is 6.10 Å². The zero-order chi connectivity index (χ0) is 20.5. The predicted octanol–water partition coefficient (Wildman–Crippen LogP) is 4.84. The molecule has 1 amide bonds. The molecule has 0 heterocycles. The van der Waals surface area contributed by atoms with Gasteiger partial charge in [-0.25, -0.2) is 5.43 Å². The first-order valence-electron chi connectivity index (χ1n) is 9.12. The first-order valence-corrected chi connectivity index (χ1v) is 9.50. The quantitative estimate of drug-likeness (QED) is 0.428. The molecule has 0 unspecified atom stereocenters. The van der Waals surface area contributed by atoms with Crippen molar-refractivity contribution in [3.8, 4) is 11.5 Å². The molecule has 0 aliphatic rings. The third kappa shape index (κ3) is 6.66. The Kier molecular flexibility index (Phi) is 7.25. The largest absolute Gasteiger partial charge is 0.489 e. The van der Waals surface area contributed by atoms with Crippen LogP contribution in [0.1, 0.15) is 18.1 Å². The highest BCUT2D eigenvalue weighted by atomic mass is 35.5. The molecule has 148 valence electrons. The van der Waals surface area contributed by atoms with E-state index >= 15 is 0 Å². The monoisotopic (exact) mass is 408 g/mol. The molecule has 3 aromatic carbocycles. The van der Waals surface area contributed by atoms with E-state index in [4.69, 9.17) is 21.1 Å². The lowest BCUT2D eigenvalue weighted by atomic mass is 10.2. The molecule has 5 nitrogen and oxygen atoms in total. The number of benzene rings is 3. The summed E-state index contributed by atoms with van der Waals surface area (Å²) in [7, 11) is 0. The van der Waals surface area contributed by atoms with Crippen LogP contribution in [0, 0.1) is 0 Å². The van der Waals surface area contributed by atoms with Gasteiger partial charge in [0.1, 0.15) is 18.1 Å². The van der Waals surface area contributed by atoms with Crippen LogP contribution in [-0.4, -0.2) is 18.2 Å². The molecule has 0 aliphatic carbocycles. The molecule has 29 heavy (non-hydrogen) atoms. The first-order chi connectivity index (χ1) is 14.1. The van der Waals surface area contributed by atoms with E-state index in [0.717, 1.165) is 16.9 Å². The van der Waals surface area contributed by atoms with Crippen LogP contribution in [0.4, 0.5) is 0 Å². The lowest BCUT2D eigenvalue weighted by Crippen LogP contribution is -2.33. The normalized spacial score (nSPS) is 11.8. The van der Waals surface area contributed by atoms with Crippen molar-refractivity contribution < 1.29 is 14.3 Å². The van der Waals surface area contributed by atoms with Crippen LogP contribution in [0.2, 0.25) is 5.02 Å². The Morgan fingerprint density at radius 3 is 2.34 bits per heavy atom. The number of carbonyl (C=O) groups is 1. The summed E-state index contributed by atoms with van der Waals surface area (Å²) in [5.41, 5.74) is 4.42. The van der Waals surface area contributed by atoms with E-state index in [1.165, 1.54) is 0 Å². The van der Waals surface area contributed by atoms with Crippen molar-refractivity contribution in [3.05, 3.63) is 95.0 Å². The van der Waals surface area contributed by atoms with Gasteiger partial charge in [-0.1, -0.05) is 41.9 Å².